The molecule has 1 fully saturated rings. The molecule has 0 atom stereocenters. The van der Waals surface area contributed by atoms with Crippen molar-refractivity contribution in [2.45, 2.75) is 39.5 Å². The predicted molar refractivity (Wildman–Crippen MR) is 50.9 cm³/mol. The Bertz CT molecular complexity index is 179. The second-order valence-corrected chi connectivity index (χ2v) is 4.61. The van der Waals surface area contributed by atoms with E-state index in [9.17, 15) is 4.79 Å². The molecule has 1 rings (SSSR count). The van der Waals surface area contributed by atoms with Crippen LogP contribution in [0.4, 0.5) is 0 Å². The number of hydrogen-bond acceptors (Lipinski definition) is 2. The summed E-state index contributed by atoms with van der Waals surface area (Å²) in [6.45, 7) is 4.52. The van der Waals surface area contributed by atoms with E-state index in [2.05, 4.69) is 24.2 Å². The summed E-state index contributed by atoms with van der Waals surface area (Å²) >= 11 is 0. The van der Waals surface area contributed by atoms with E-state index < -0.39 is 0 Å². The topological polar surface area (TPSA) is 38.3 Å². The second-order valence-electron chi connectivity index (χ2n) is 4.61. The van der Waals surface area contributed by atoms with Crippen molar-refractivity contribution in [3.05, 3.63) is 0 Å². The minimum Gasteiger partial charge on any atom is -0.277 e. The third-order valence-corrected chi connectivity index (χ3v) is 2.91. The Morgan fingerprint density at radius 2 is 1.92 bits per heavy atom. The lowest BCUT2D eigenvalue weighted by Gasteiger charge is -2.33. The zero-order valence-corrected chi connectivity index (χ0v) is 8.72. The Kier molecular flexibility index (Phi) is 3.31. The summed E-state index contributed by atoms with van der Waals surface area (Å²) in [5.41, 5.74) is 2.82. The van der Waals surface area contributed by atoms with Gasteiger partial charge in [0.2, 0.25) is 5.91 Å². The van der Waals surface area contributed by atoms with Crippen LogP contribution in [0.2, 0.25) is 0 Å². The van der Waals surface area contributed by atoms with Crippen LogP contribution in [0, 0.1) is 11.3 Å². The van der Waals surface area contributed by atoms with Crippen molar-refractivity contribution in [2.75, 3.05) is 7.11 Å². The molecule has 76 valence electrons. The van der Waals surface area contributed by atoms with Crippen LogP contribution in [0.1, 0.15) is 39.5 Å². The summed E-state index contributed by atoms with van der Waals surface area (Å²) in [7, 11) is 1.48. The highest BCUT2D eigenvalue weighted by molar-refractivity contribution is 5.77. The van der Waals surface area contributed by atoms with Gasteiger partial charge < -0.3 is 0 Å². The Labute approximate surface area is 79.8 Å². The lowest BCUT2D eigenvalue weighted by molar-refractivity contribution is -0.137. The number of nitrogens with one attached hydrogen (secondary N) is 1. The van der Waals surface area contributed by atoms with Gasteiger partial charge in [-0.1, -0.05) is 13.8 Å². The van der Waals surface area contributed by atoms with E-state index >= 15 is 0 Å². The molecule has 1 saturated carbocycles. The number of amides is 1. The van der Waals surface area contributed by atoms with E-state index in [1.807, 2.05) is 0 Å². The van der Waals surface area contributed by atoms with E-state index in [4.69, 9.17) is 0 Å². The highest BCUT2D eigenvalue weighted by atomic mass is 16.6. The predicted octanol–water partition coefficient (Wildman–Crippen LogP) is 1.88. The molecular weight excluding hydrogens is 166 g/mol. The summed E-state index contributed by atoms with van der Waals surface area (Å²) in [4.78, 5) is 16.0. The van der Waals surface area contributed by atoms with Crippen LogP contribution in [-0.4, -0.2) is 13.0 Å². The van der Waals surface area contributed by atoms with Crippen LogP contribution in [0.5, 0.6) is 0 Å². The fourth-order valence-electron chi connectivity index (χ4n) is 1.85. The monoisotopic (exact) mass is 185 g/mol. The van der Waals surface area contributed by atoms with Crippen molar-refractivity contribution in [3.63, 3.8) is 0 Å². The van der Waals surface area contributed by atoms with Gasteiger partial charge >= 0.3 is 0 Å². The van der Waals surface area contributed by atoms with Crippen molar-refractivity contribution in [1.82, 2.24) is 5.48 Å². The Balaban J connectivity index is 2.36. The molecule has 0 unspecified atom stereocenters. The number of hydroxylamine groups is 1. The molecule has 0 aromatic rings. The number of carbonyl (C=O) groups is 1. The van der Waals surface area contributed by atoms with Gasteiger partial charge in [-0.3, -0.25) is 9.63 Å². The van der Waals surface area contributed by atoms with E-state index in [1.165, 1.54) is 7.11 Å². The molecule has 1 aliphatic carbocycles. The summed E-state index contributed by atoms with van der Waals surface area (Å²) in [6, 6.07) is 0. The average Bonchev–Trinajstić information content (AvgIpc) is 2.04. The molecule has 0 aliphatic heterocycles. The fraction of sp³-hybridized carbons (Fsp3) is 0.900. The first-order chi connectivity index (χ1) is 6.05. The van der Waals surface area contributed by atoms with Crippen molar-refractivity contribution >= 4 is 5.91 Å². The molecule has 1 amide bonds. The molecule has 3 heteroatoms. The standard InChI is InChI=1S/C10H19NO2/c1-10(2)6-4-8(5-7-10)9(12)11-13-3/h8H,4-7H2,1-3H3,(H,11,12). The highest BCUT2D eigenvalue weighted by Gasteiger charge is 2.30. The maximum absolute atomic E-state index is 11.4. The van der Waals surface area contributed by atoms with Crippen molar-refractivity contribution in [2.24, 2.45) is 11.3 Å². The quantitative estimate of drug-likeness (QED) is 0.667. The van der Waals surface area contributed by atoms with Gasteiger partial charge in [-0.25, -0.2) is 5.48 Å². The average molecular weight is 185 g/mol. The van der Waals surface area contributed by atoms with Crippen molar-refractivity contribution in [3.8, 4) is 0 Å². The Hall–Kier alpha value is -0.570. The summed E-state index contributed by atoms with van der Waals surface area (Å²) in [5, 5.41) is 0. The van der Waals surface area contributed by atoms with Gasteiger partial charge in [-0.05, 0) is 31.1 Å². The van der Waals surface area contributed by atoms with Crippen LogP contribution in [-0.2, 0) is 9.63 Å². The zero-order chi connectivity index (χ0) is 9.90. The smallest absolute Gasteiger partial charge is 0.246 e. The Morgan fingerprint density at radius 1 is 1.38 bits per heavy atom. The molecule has 0 aromatic heterocycles. The molecule has 0 heterocycles. The molecule has 1 aliphatic rings. The van der Waals surface area contributed by atoms with Gasteiger partial charge in [0.25, 0.3) is 0 Å². The van der Waals surface area contributed by atoms with Crippen molar-refractivity contribution < 1.29 is 9.63 Å². The second kappa shape index (κ2) is 4.09. The molecule has 13 heavy (non-hydrogen) atoms. The lowest BCUT2D eigenvalue weighted by Crippen LogP contribution is -2.34. The van der Waals surface area contributed by atoms with Gasteiger partial charge in [-0.2, -0.15) is 0 Å². The molecule has 0 saturated heterocycles. The largest absolute Gasteiger partial charge is 0.277 e. The first-order valence-corrected chi connectivity index (χ1v) is 4.88. The first kappa shape index (κ1) is 10.5. The summed E-state index contributed by atoms with van der Waals surface area (Å²) in [6.07, 6.45) is 4.24. The number of carbonyl (C=O) groups excluding carboxylic acids is 1. The van der Waals surface area contributed by atoms with Gasteiger partial charge in [0.1, 0.15) is 0 Å². The first-order valence-electron chi connectivity index (χ1n) is 4.88. The van der Waals surface area contributed by atoms with Crippen LogP contribution in [0.3, 0.4) is 0 Å². The molecule has 0 bridgehead atoms. The zero-order valence-electron chi connectivity index (χ0n) is 8.72. The van der Waals surface area contributed by atoms with Crippen LogP contribution in [0.15, 0.2) is 0 Å². The van der Waals surface area contributed by atoms with E-state index in [0.29, 0.717) is 5.41 Å². The minimum atomic E-state index is 0.0398. The van der Waals surface area contributed by atoms with E-state index in [1.54, 1.807) is 0 Å². The maximum atomic E-state index is 11.4. The SMILES string of the molecule is CONC(=O)C1CCC(C)(C)CC1. The molecular formula is C10H19NO2. The van der Waals surface area contributed by atoms with Gasteiger partial charge in [-0.15, -0.1) is 0 Å². The Morgan fingerprint density at radius 3 is 2.38 bits per heavy atom. The van der Waals surface area contributed by atoms with E-state index in [-0.39, 0.29) is 11.8 Å². The lowest BCUT2D eigenvalue weighted by atomic mass is 9.73. The molecule has 3 nitrogen and oxygen atoms in total. The third kappa shape index (κ3) is 2.99. The summed E-state index contributed by atoms with van der Waals surface area (Å²) in [5.74, 6) is 0.200. The van der Waals surface area contributed by atoms with Crippen LogP contribution < -0.4 is 5.48 Å². The normalized spacial score (nSPS) is 22.7. The van der Waals surface area contributed by atoms with Gasteiger partial charge in [0.05, 0.1) is 7.11 Å². The maximum Gasteiger partial charge on any atom is 0.246 e. The molecule has 0 radical (unpaired) electrons. The fourth-order valence-corrected chi connectivity index (χ4v) is 1.85. The highest BCUT2D eigenvalue weighted by Crippen LogP contribution is 2.37. The molecule has 0 spiro atoms. The third-order valence-electron chi connectivity index (χ3n) is 2.91. The van der Waals surface area contributed by atoms with Crippen LogP contribution in [0.25, 0.3) is 0 Å². The summed E-state index contributed by atoms with van der Waals surface area (Å²) < 4.78 is 0. The number of hydrogen-bond donors (Lipinski definition) is 1. The van der Waals surface area contributed by atoms with E-state index in [0.717, 1.165) is 25.7 Å². The van der Waals surface area contributed by atoms with Gasteiger partial charge in [0, 0.05) is 5.92 Å². The van der Waals surface area contributed by atoms with Crippen LogP contribution >= 0.6 is 0 Å². The number of rotatable bonds is 2. The van der Waals surface area contributed by atoms with Gasteiger partial charge in [0.15, 0.2) is 0 Å². The molecule has 0 aromatic carbocycles. The molecule has 1 N–H and O–H groups in total. The van der Waals surface area contributed by atoms with Crippen molar-refractivity contribution in [1.29, 1.82) is 0 Å². The minimum absolute atomic E-state index is 0.0398.